The van der Waals surface area contributed by atoms with Crippen molar-refractivity contribution in [1.82, 2.24) is 14.9 Å². The number of thiazole rings is 1. The van der Waals surface area contributed by atoms with E-state index in [0.717, 1.165) is 23.1 Å². The van der Waals surface area contributed by atoms with E-state index in [1.54, 1.807) is 11.3 Å². The molecule has 0 aliphatic rings. The van der Waals surface area contributed by atoms with Crippen LogP contribution < -0.4 is 4.90 Å². The highest BCUT2D eigenvalue weighted by Gasteiger charge is 2.23. The summed E-state index contributed by atoms with van der Waals surface area (Å²) in [7, 11) is 4.25. The quantitative estimate of drug-likeness (QED) is 0.226. The van der Waals surface area contributed by atoms with Crippen LogP contribution >= 0.6 is 11.3 Å². The number of hydrogen-bond acceptors (Lipinski definition) is 7. The molecule has 41 heavy (non-hydrogen) atoms. The lowest BCUT2D eigenvalue weighted by molar-refractivity contribution is -0.134. The van der Waals surface area contributed by atoms with Gasteiger partial charge in [-0.1, -0.05) is 53.7 Å². The van der Waals surface area contributed by atoms with E-state index in [4.69, 9.17) is 15.2 Å². The zero-order valence-electron chi connectivity index (χ0n) is 25.6. The number of aromatic nitrogens is 2. The van der Waals surface area contributed by atoms with Crippen molar-refractivity contribution < 1.29 is 19.8 Å². The summed E-state index contributed by atoms with van der Waals surface area (Å²) < 4.78 is 0. The highest BCUT2D eigenvalue weighted by atomic mass is 32.1. The maximum absolute atomic E-state index is 9.55. The number of aliphatic carboxylic acids is 2. The lowest BCUT2D eigenvalue weighted by Crippen LogP contribution is -2.36. The van der Waals surface area contributed by atoms with Crippen LogP contribution in [0.15, 0.2) is 54.2 Å². The Morgan fingerprint density at radius 2 is 1.49 bits per heavy atom. The molecule has 0 saturated carbocycles. The smallest absolute Gasteiger partial charge is 0.328 e. The van der Waals surface area contributed by atoms with E-state index in [0.29, 0.717) is 35.9 Å². The van der Waals surface area contributed by atoms with Gasteiger partial charge < -0.3 is 20.0 Å². The highest BCUT2D eigenvalue weighted by molar-refractivity contribution is 7.14. The summed E-state index contributed by atoms with van der Waals surface area (Å²) in [6.07, 6.45) is 4.87. The number of benzene rings is 1. The van der Waals surface area contributed by atoms with Gasteiger partial charge in [-0.05, 0) is 67.6 Å². The fraction of sp³-hybridized carbons (Fsp3) is 0.438. The first-order chi connectivity index (χ1) is 19.2. The summed E-state index contributed by atoms with van der Waals surface area (Å²) in [4.78, 5) is 33.3. The Morgan fingerprint density at radius 1 is 0.927 bits per heavy atom. The molecule has 8 nitrogen and oxygen atoms in total. The molecule has 0 aliphatic carbocycles. The number of anilines is 2. The summed E-state index contributed by atoms with van der Waals surface area (Å²) in [6.45, 7) is 16.8. The first-order valence-electron chi connectivity index (χ1n) is 13.8. The second-order valence-electron chi connectivity index (χ2n) is 11.2. The van der Waals surface area contributed by atoms with Gasteiger partial charge >= 0.3 is 11.9 Å². The second kappa shape index (κ2) is 15.4. The molecular formula is C32H44N4O4S. The molecule has 0 bridgehead atoms. The fourth-order valence-corrected chi connectivity index (χ4v) is 4.98. The highest BCUT2D eigenvalue weighted by Crippen LogP contribution is 2.41. The van der Waals surface area contributed by atoms with Crippen LogP contribution in [0.1, 0.15) is 82.9 Å². The molecule has 0 aliphatic heterocycles. The number of pyridine rings is 1. The third-order valence-corrected chi connectivity index (χ3v) is 7.63. The van der Waals surface area contributed by atoms with Crippen molar-refractivity contribution in [2.45, 2.75) is 72.3 Å². The largest absolute Gasteiger partial charge is 0.478 e. The number of likely N-dealkylation sites (N-methyl/N-ethyl adjacent to an activating group) is 1. The minimum absolute atomic E-state index is 0.375. The minimum atomic E-state index is -1.26. The van der Waals surface area contributed by atoms with Crippen molar-refractivity contribution in [3.05, 3.63) is 70.9 Å². The van der Waals surface area contributed by atoms with Crippen LogP contribution in [-0.2, 0) is 9.59 Å². The zero-order chi connectivity index (χ0) is 30.9. The normalized spacial score (nSPS) is 12.2. The number of nitrogens with zero attached hydrogens (tertiary/aromatic N) is 4. The van der Waals surface area contributed by atoms with Crippen molar-refractivity contribution in [3.63, 3.8) is 0 Å². The van der Waals surface area contributed by atoms with Gasteiger partial charge in [0.2, 0.25) is 0 Å². The maximum atomic E-state index is 9.55. The molecule has 1 atom stereocenters. The Morgan fingerprint density at radius 3 is 1.90 bits per heavy atom. The van der Waals surface area contributed by atoms with Crippen LogP contribution in [0.25, 0.3) is 11.3 Å². The molecule has 9 heteroatoms. The fourth-order valence-electron chi connectivity index (χ4n) is 4.13. The second-order valence-corrected chi connectivity index (χ2v) is 12.0. The van der Waals surface area contributed by atoms with Gasteiger partial charge in [0.15, 0.2) is 5.13 Å². The van der Waals surface area contributed by atoms with E-state index in [1.165, 1.54) is 22.3 Å². The van der Waals surface area contributed by atoms with Crippen molar-refractivity contribution in [1.29, 1.82) is 0 Å². The van der Waals surface area contributed by atoms with Crippen molar-refractivity contribution in [2.75, 3.05) is 25.5 Å². The summed E-state index contributed by atoms with van der Waals surface area (Å²) in [5.74, 6) is -1.14. The Balaban J connectivity index is 0.000000642. The Bertz CT molecular complexity index is 1270. The first-order valence-corrected chi connectivity index (χ1v) is 14.7. The molecule has 1 unspecified atom stereocenters. The maximum Gasteiger partial charge on any atom is 0.328 e. The molecule has 1 aromatic carbocycles. The number of carbonyl (C=O) groups is 2. The van der Waals surface area contributed by atoms with Gasteiger partial charge in [-0.2, -0.15) is 0 Å². The van der Waals surface area contributed by atoms with Crippen molar-refractivity contribution in [2.24, 2.45) is 0 Å². The molecule has 3 aromatic rings. The average molecular weight is 581 g/mol. The van der Waals surface area contributed by atoms with Gasteiger partial charge in [-0.15, -0.1) is 11.3 Å². The van der Waals surface area contributed by atoms with E-state index >= 15 is 0 Å². The van der Waals surface area contributed by atoms with Crippen LogP contribution in [-0.4, -0.2) is 63.7 Å². The van der Waals surface area contributed by atoms with Gasteiger partial charge in [0.05, 0.1) is 17.6 Å². The molecular weight excluding hydrogens is 536 g/mol. The van der Waals surface area contributed by atoms with E-state index in [-0.39, 0.29) is 0 Å². The van der Waals surface area contributed by atoms with Crippen LogP contribution in [0, 0.1) is 0 Å². The van der Waals surface area contributed by atoms with Crippen LogP contribution in [0.5, 0.6) is 0 Å². The van der Waals surface area contributed by atoms with E-state index in [2.05, 4.69) is 101 Å². The molecule has 0 spiro atoms. The Kier molecular flexibility index (Phi) is 12.7. The minimum Gasteiger partial charge on any atom is -0.478 e. The lowest BCUT2D eigenvalue weighted by Gasteiger charge is -2.28. The van der Waals surface area contributed by atoms with Gasteiger partial charge in [0.1, 0.15) is 0 Å². The SMILES string of the molecule is CC(C)c1cc(C(C)C)c(-c2csc(N(CC(C)N(C)C)c3cccnc3)n2)c(C(C)C)c1.O=C(O)C=CC(=O)O. The average Bonchev–Trinajstić information content (AvgIpc) is 3.39. The van der Waals surface area contributed by atoms with Crippen molar-refractivity contribution in [3.8, 4) is 11.3 Å². The summed E-state index contributed by atoms with van der Waals surface area (Å²) >= 11 is 1.72. The molecule has 3 rings (SSSR count). The van der Waals surface area contributed by atoms with E-state index in [9.17, 15) is 9.59 Å². The molecule has 222 valence electrons. The summed E-state index contributed by atoms with van der Waals surface area (Å²) in [5.41, 5.74) is 7.70. The van der Waals surface area contributed by atoms with Crippen LogP contribution in [0.4, 0.5) is 10.8 Å². The van der Waals surface area contributed by atoms with Crippen LogP contribution in [0.2, 0.25) is 0 Å². The van der Waals surface area contributed by atoms with E-state index in [1.807, 2.05) is 18.5 Å². The molecule has 0 saturated heterocycles. The molecule has 2 aromatic heterocycles. The van der Waals surface area contributed by atoms with E-state index < -0.39 is 11.9 Å². The first kappa shape index (κ1) is 33.6. The number of carboxylic acids is 2. The lowest BCUT2D eigenvalue weighted by atomic mass is 9.83. The molecule has 0 fully saturated rings. The predicted molar refractivity (Wildman–Crippen MR) is 169 cm³/mol. The van der Waals surface area contributed by atoms with Gasteiger partial charge in [-0.3, -0.25) is 4.98 Å². The molecule has 0 amide bonds. The standard InChI is InChI=1S/C28H40N4S.C4H4O4/c1-18(2)22-13-24(19(3)4)27(25(14-22)20(5)6)26-17-33-28(30-26)32(16-21(7)31(8)9)23-11-10-12-29-15-23;5-3(6)1-2-4(7)8/h10-15,17-21H,16H2,1-9H3;1-2H,(H,5,6)(H,7,8). The Hall–Kier alpha value is -3.56. The monoisotopic (exact) mass is 580 g/mol. The number of carboxylic acid groups (broad SMARTS) is 2. The Labute approximate surface area is 248 Å². The zero-order valence-corrected chi connectivity index (χ0v) is 26.4. The van der Waals surface area contributed by atoms with Crippen LogP contribution in [0.3, 0.4) is 0 Å². The molecule has 2 heterocycles. The third-order valence-electron chi connectivity index (χ3n) is 6.77. The van der Waals surface area contributed by atoms with Crippen molar-refractivity contribution >= 4 is 34.1 Å². The predicted octanol–water partition coefficient (Wildman–Crippen LogP) is 7.38. The third kappa shape index (κ3) is 9.79. The number of rotatable bonds is 11. The molecule has 0 radical (unpaired) electrons. The molecule has 2 N–H and O–H groups in total. The van der Waals surface area contributed by atoms with Gasteiger partial charge in [0, 0.05) is 41.9 Å². The summed E-state index contributed by atoms with van der Waals surface area (Å²) in [5, 5.41) is 18.9. The van der Waals surface area contributed by atoms with Gasteiger partial charge in [0.25, 0.3) is 0 Å². The van der Waals surface area contributed by atoms with Gasteiger partial charge in [-0.25, -0.2) is 14.6 Å². The topological polar surface area (TPSA) is 107 Å². The number of hydrogen-bond donors (Lipinski definition) is 2. The summed E-state index contributed by atoms with van der Waals surface area (Å²) in [6, 6.07) is 9.30.